The summed E-state index contributed by atoms with van der Waals surface area (Å²) in [4.78, 5) is 41.8. The van der Waals surface area contributed by atoms with E-state index in [0.29, 0.717) is 24.0 Å². The van der Waals surface area contributed by atoms with E-state index in [9.17, 15) is 39.9 Å². The molecular formula is C25H38N2O8. The van der Waals surface area contributed by atoms with Gasteiger partial charge in [0.2, 0.25) is 11.8 Å². The van der Waals surface area contributed by atoms with E-state index in [-0.39, 0.29) is 64.8 Å². The van der Waals surface area contributed by atoms with Gasteiger partial charge in [0.1, 0.15) is 11.5 Å². The molecule has 0 saturated heterocycles. The maximum atomic E-state index is 13.2. The maximum Gasteiger partial charge on any atom is 0.235 e. The Morgan fingerprint density at radius 3 is 1.57 bits per heavy atom. The summed E-state index contributed by atoms with van der Waals surface area (Å²) in [6.07, 6.45) is 3.42. The Labute approximate surface area is 205 Å². The summed E-state index contributed by atoms with van der Waals surface area (Å²) in [7, 11) is 0. The van der Waals surface area contributed by atoms with Crippen LogP contribution in [0.1, 0.15) is 48.0 Å². The first kappa shape index (κ1) is 28.9. The van der Waals surface area contributed by atoms with Gasteiger partial charge in [-0.25, -0.2) is 0 Å². The van der Waals surface area contributed by atoms with E-state index in [1.165, 1.54) is 9.80 Å². The molecule has 0 aliphatic heterocycles. The third-order valence-electron chi connectivity index (χ3n) is 6.46. The average Bonchev–Trinajstić information content (AvgIpc) is 2.86. The Kier molecular flexibility index (Phi) is 11.8. The van der Waals surface area contributed by atoms with Gasteiger partial charge in [0.15, 0.2) is 5.78 Å². The van der Waals surface area contributed by atoms with Crippen LogP contribution in [0.25, 0.3) is 0 Å². The summed E-state index contributed by atoms with van der Waals surface area (Å²) >= 11 is 0. The number of aliphatic hydroxyl groups is 5. The first-order chi connectivity index (χ1) is 16.8. The van der Waals surface area contributed by atoms with Crippen LogP contribution < -0.4 is 0 Å². The molecule has 1 aromatic carbocycles. The number of amides is 2. The molecule has 196 valence electrons. The summed E-state index contributed by atoms with van der Waals surface area (Å²) in [6, 6.07) is 6.43. The van der Waals surface area contributed by atoms with Gasteiger partial charge >= 0.3 is 0 Å². The highest BCUT2D eigenvalue weighted by atomic mass is 16.3. The normalized spacial score (nSPS) is 15.1. The van der Waals surface area contributed by atoms with Crippen LogP contribution in [0.15, 0.2) is 24.3 Å². The van der Waals surface area contributed by atoms with Gasteiger partial charge in [0.25, 0.3) is 0 Å². The lowest BCUT2D eigenvalue weighted by molar-refractivity contribution is -0.148. The van der Waals surface area contributed by atoms with Crippen LogP contribution in [0.4, 0.5) is 0 Å². The summed E-state index contributed by atoms with van der Waals surface area (Å²) < 4.78 is 0. The van der Waals surface area contributed by atoms with Crippen LogP contribution in [-0.4, -0.2) is 111 Å². The van der Waals surface area contributed by atoms with Crippen molar-refractivity contribution in [3.63, 3.8) is 0 Å². The lowest BCUT2D eigenvalue weighted by atomic mass is 9.79. The molecule has 0 unspecified atom stereocenters. The Balaban J connectivity index is 2.28. The number of nitrogens with zero attached hydrogens (tertiary/aromatic N) is 2. The van der Waals surface area contributed by atoms with Gasteiger partial charge in [-0.05, 0) is 24.8 Å². The minimum absolute atomic E-state index is 0.0167. The first-order valence-electron chi connectivity index (χ1n) is 12.2. The molecule has 1 aromatic rings. The smallest absolute Gasteiger partial charge is 0.235 e. The molecule has 10 heteroatoms. The topological polar surface area (TPSA) is 159 Å². The van der Waals surface area contributed by atoms with Crippen LogP contribution in [0.2, 0.25) is 0 Å². The lowest BCUT2D eigenvalue weighted by Gasteiger charge is -2.31. The Hall–Kier alpha value is -2.37. The van der Waals surface area contributed by atoms with Crippen molar-refractivity contribution in [3.8, 4) is 0 Å². The molecule has 1 saturated carbocycles. The van der Waals surface area contributed by atoms with E-state index in [2.05, 4.69) is 0 Å². The van der Waals surface area contributed by atoms with Crippen LogP contribution >= 0.6 is 0 Å². The molecule has 0 spiro atoms. The van der Waals surface area contributed by atoms with Gasteiger partial charge in [-0.2, -0.15) is 0 Å². The number of benzene rings is 1. The van der Waals surface area contributed by atoms with E-state index in [1.807, 2.05) is 0 Å². The SMILES string of the molecule is O=C(C(Cc1ccc(C(=O)C2(O)CCCCC2)cc1)C(=O)N(CCO)CCO)N(CCO)CCO. The molecule has 10 nitrogen and oxygen atoms in total. The summed E-state index contributed by atoms with van der Waals surface area (Å²) in [5.74, 6) is -2.72. The number of Topliss-reactive ketones (excluding diaryl/α,β-unsaturated/α-hetero) is 1. The second-order valence-corrected chi connectivity index (χ2v) is 8.92. The highest BCUT2D eigenvalue weighted by molar-refractivity contribution is 6.02. The Morgan fingerprint density at radius 2 is 1.17 bits per heavy atom. The van der Waals surface area contributed by atoms with Crippen molar-refractivity contribution in [1.29, 1.82) is 0 Å². The van der Waals surface area contributed by atoms with Crippen LogP contribution in [0.5, 0.6) is 0 Å². The minimum Gasteiger partial charge on any atom is -0.395 e. The van der Waals surface area contributed by atoms with E-state index in [0.717, 1.165) is 19.3 Å². The molecular weight excluding hydrogens is 456 g/mol. The quantitative estimate of drug-likeness (QED) is 0.169. The molecule has 1 fully saturated rings. The standard InChI is InChI=1S/C25H38N2O8/c28-14-10-26(11-15-29)23(33)21(24(34)27(12-16-30)13-17-31)18-19-4-6-20(7-5-19)22(32)25(35)8-2-1-3-9-25/h4-7,21,28-31,35H,1-3,8-18H2. The fourth-order valence-electron chi connectivity index (χ4n) is 4.53. The molecule has 35 heavy (non-hydrogen) atoms. The highest BCUT2D eigenvalue weighted by Crippen LogP contribution is 2.31. The zero-order chi connectivity index (χ0) is 25.8. The zero-order valence-electron chi connectivity index (χ0n) is 20.1. The van der Waals surface area contributed by atoms with Crippen molar-refractivity contribution in [1.82, 2.24) is 9.80 Å². The van der Waals surface area contributed by atoms with Crippen LogP contribution in [-0.2, 0) is 16.0 Å². The Bertz CT molecular complexity index is 783. The predicted molar refractivity (Wildman–Crippen MR) is 128 cm³/mol. The van der Waals surface area contributed by atoms with Gasteiger partial charge in [0.05, 0.1) is 26.4 Å². The van der Waals surface area contributed by atoms with Gasteiger partial charge in [0, 0.05) is 31.7 Å². The molecule has 0 bridgehead atoms. The molecule has 1 aliphatic carbocycles. The van der Waals surface area contributed by atoms with E-state index < -0.39 is 23.3 Å². The molecule has 2 rings (SSSR count). The van der Waals surface area contributed by atoms with Gasteiger partial charge in [-0.15, -0.1) is 0 Å². The second kappa shape index (κ2) is 14.3. The van der Waals surface area contributed by atoms with Gasteiger partial charge in [-0.3, -0.25) is 14.4 Å². The van der Waals surface area contributed by atoms with Crippen molar-refractivity contribution in [3.05, 3.63) is 35.4 Å². The fourth-order valence-corrected chi connectivity index (χ4v) is 4.53. The third-order valence-corrected chi connectivity index (χ3v) is 6.46. The summed E-state index contributed by atoms with van der Waals surface area (Å²) in [5.41, 5.74) is -0.403. The fraction of sp³-hybridized carbons (Fsp3) is 0.640. The van der Waals surface area contributed by atoms with Crippen molar-refractivity contribution in [2.24, 2.45) is 5.92 Å². The number of carbonyl (C=O) groups is 3. The van der Waals surface area contributed by atoms with Gasteiger partial charge < -0.3 is 35.3 Å². The molecule has 0 radical (unpaired) electrons. The number of aliphatic hydroxyl groups excluding tert-OH is 4. The van der Waals surface area contributed by atoms with Crippen molar-refractivity contribution >= 4 is 17.6 Å². The zero-order valence-corrected chi connectivity index (χ0v) is 20.1. The molecule has 0 atom stereocenters. The molecule has 1 aliphatic rings. The molecule has 0 heterocycles. The minimum atomic E-state index is -1.36. The third kappa shape index (κ3) is 7.81. The van der Waals surface area contributed by atoms with Crippen molar-refractivity contribution in [2.75, 3.05) is 52.6 Å². The van der Waals surface area contributed by atoms with Crippen molar-refractivity contribution in [2.45, 2.75) is 44.1 Å². The summed E-state index contributed by atoms with van der Waals surface area (Å²) in [6.45, 7) is -1.62. The van der Waals surface area contributed by atoms with E-state index in [4.69, 9.17) is 0 Å². The molecule has 5 N–H and O–H groups in total. The number of hydrogen-bond acceptors (Lipinski definition) is 8. The van der Waals surface area contributed by atoms with Gasteiger partial charge in [-0.1, -0.05) is 43.5 Å². The van der Waals surface area contributed by atoms with Crippen LogP contribution in [0, 0.1) is 5.92 Å². The van der Waals surface area contributed by atoms with Crippen molar-refractivity contribution < 1.29 is 39.9 Å². The molecule has 0 aromatic heterocycles. The Morgan fingerprint density at radius 1 is 0.743 bits per heavy atom. The number of hydrogen-bond donors (Lipinski definition) is 5. The maximum absolute atomic E-state index is 13.2. The molecule has 2 amide bonds. The number of carbonyl (C=O) groups excluding carboxylic acids is 3. The van der Waals surface area contributed by atoms with E-state index >= 15 is 0 Å². The summed E-state index contributed by atoms with van der Waals surface area (Å²) in [5, 5.41) is 48.0. The number of rotatable bonds is 14. The first-order valence-corrected chi connectivity index (χ1v) is 12.2. The lowest BCUT2D eigenvalue weighted by Crippen LogP contribution is -2.49. The number of ketones is 1. The predicted octanol–water partition coefficient (Wildman–Crippen LogP) is -0.650. The van der Waals surface area contributed by atoms with E-state index in [1.54, 1.807) is 24.3 Å². The second-order valence-electron chi connectivity index (χ2n) is 8.92. The highest BCUT2D eigenvalue weighted by Gasteiger charge is 2.38. The largest absolute Gasteiger partial charge is 0.395 e. The van der Waals surface area contributed by atoms with Crippen LogP contribution in [0.3, 0.4) is 0 Å². The monoisotopic (exact) mass is 494 g/mol. The average molecular weight is 495 g/mol.